The number of amides is 1. The molecule has 6 heteroatoms. The fourth-order valence-corrected chi connectivity index (χ4v) is 2.00. The first kappa shape index (κ1) is 16.6. The number of esters is 1. The predicted octanol–water partition coefficient (Wildman–Crippen LogP) is 2.08. The van der Waals surface area contributed by atoms with Crippen LogP contribution < -0.4 is 5.32 Å². The Hall–Kier alpha value is -2.73. The lowest BCUT2D eigenvalue weighted by atomic mass is 10.1. The minimum Gasteiger partial charge on any atom is -0.465 e. The van der Waals surface area contributed by atoms with Crippen molar-refractivity contribution in [3.8, 4) is 0 Å². The highest BCUT2D eigenvalue weighted by Gasteiger charge is 2.13. The highest BCUT2D eigenvalue weighted by atomic mass is 19.1. The molecule has 5 nitrogen and oxygen atoms in total. The molecule has 0 aliphatic rings. The monoisotopic (exact) mass is 317 g/mol. The maximum atomic E-state index is 12.8. The van der Waals surface area contributed by atoms with E-state index in [4.69, 9.17) is 0 Å². The summed E-state index contributed by atoms with van der Waals surface area (Å²) < 4.78 is 17.4. The third-order valence-corrected chi connectivity index (χ3v) is 3.26. The number of ether oxygens (including phenoxy) is 1. The number of benzene rings is 2. The van der Waals surface area contributed by atoms with E-state index in [-0.39, 0.29) is 17.7 Å². The molecule has 0 bridgehead atoms. The van der Waals surface area contributed by atoms with Crippen molar-refractivity contribution >= 4 is 11.9 Å². The van der Waals surface area contributed by atoms with Crippen molar-refractivity contribution in [3.05, 3.63) is 71.0 Å². The van der Waals surface area contributed by atoms with Crippen LogP contribution in [0.4, 0.5) is 4.39 Å². The van der Waals surface area contributed by atoms with Gasteiger partial charge in [0.05, 0.1) is 18.8 Å². The highest BCUT2D eigenvalue weighted by Crippen LogP contribution is 2.13. The summed E-state index contributed by atoms with van der Waals surface area (Å²) in [5.41, 5.74) is 1.04. The molecule has 1 atom stereocenters. The number of carbonyl (C=O) groups is 2. The number of methoxy groups -OCH3 is 1. The van der Waals surface area contributed by atoms with Crippen molar-refractivity contribution in [2.24, 2.45) is 0 Å². The van der Waals surface area contributed by atoms with E-state index in [0.717, 1.165) is 0 Å². The molecule has 2 aromatic rings. The van der Waals surface area contributed by atoms with E-state index in [1.165, 1.54) is 43.5 Å². The third kappa shape index (κ3) is 4.37. The molecule has 120 valence electrons. The summed E-state index contributed by atoms with van der Waals surface area (Å²) in [6, 6.07) is 11.4. The molecule has 0 radical (unpaired) electrons. The van der Waals surface area contributed by atoms with Crippen molar-refractivity contribution in [2.75, 3.05) is 13.7 Å². The van der Waals surface area contributed by atoms with Crippen molar-refractivity contribution in [1.29, 1.82) is 0 Å². The minimum atomic E-state index is -0.955. The maximum Gasteiger partial charge on any atom is 0.337 e. The highest BCUT2D eigenvalue weighted by molar-refractivity contribution is 5.97. The standard InChI is InChI=1S/C17H16FNO4/c1-23-17(22)13-4-2-3-12(9-13)16(21)19-10-15(20)11-5-7-14(18)8-6-11/h2-9,15,20H,10H2,1H3,(H,19,21). The Bertz CT molecular complexity index is 700. The molecule has 0 fully saturated rings. The van der Waals surface area contributed by atoms with Crippen LogP contribution in [0.15, 0.2) is 48.5 Å². The van der Waals surface area contributed by atoms with Crippen molar-refractivity contribution in [2.45, 2.75) is 6.10 Å². The first-order valence-corrected chi connectivity index (χ1v) is 6.91. The summed E-state index contributed by atoms with van der Waals surface area (Å²) in [4.78, 5) is 23.5. The summed E-state index contributed by atoms with van der Waals surface area (Å²) in [6.45, 7) is -0.0348. The zero-order valence-electron chi connectivity index (χ0n) is 12.5. The molecule has 1 unspecified atom stereocenters. The van der Waals surface area contributed by atoms with Crippen LogP contribution >= 0.6 is 0 Å². The van der Waals surface area contributed by atoms with Gasteiger partial charge in [0.25, 0.3) is 5.91 Å². The Morgan fingerprint density at radius 3 is 2.48 bits per heavy atom. The molecule has 2 rings (SSSR count). The van der Waals surface area contributed by atoms with Gasteiger partial charge in [-0.3, -0.25) is 4.79 Å². The number of carbonyl (C=O) groups excluding carboxylic acids is 2. The summed E-state index contributed by atoms with van der Waals surface area (Å²) in [7, 11) is 1.26. The Kier molecular flexibility index (Phi) is 5.43. The fourth-order valence-electron chi connectivity index (χ4n) is 2.00. The van der Waals surface area contributed by atoms with Crippen molar-refractivity contribution < 1.29 is 23.8 Å². The topological polar surface area (TPSA) is 75.6 Å². The van der Waals surface area contributed by atoms with Gasteiger partial charge in [0.15, 0.2) is 0 Å². The predicted molar refractivity (Wildman–Crippen MR) is 81.5 cm³/mol. The first-order chi connectivity index (χ1) is 11.0. The second-order valence-corrected chi connectivity index (χ2v) is 4.85. The SMILES string of the molecule is COC(=O)c1cccc(C(=O)NCC(O)c2ccc(F)cc2)c1. The molecular weight excluding hydrogens is 301 g/mol. The van der Waals surface area contributed by atoms with Crippen LogP contribution in [-0.4, -0.2) is 30.6 Å². The Balaban J connectivity index is 1.99. The largest absolute Gasteiger partial charge is 0.465 e. The molecule has 2 aromatic carbocycles. The number of nitrogens with one attached hydrogen (secondary N) is 1. The van der Waals surface area contributed by atoms with E-state index in [0.29, 0.717) is 5.56 Å². The molecule has 0 saturated heterocycles. The van der Waals surface area contributed by atoms with Gasteiger partial charge in [0.1, 0.15) is 5.82 Å². The maximum absolute atomic E-state index is 12.8. The van der Waals surface area contributed by atoms with E-state index in [1.807, 2.05) is 0 Å². The summed E-state index contributed by atoms with van der Waals surface area (Å²) >= 11 is 0. The molecule has 2 N–H and O–H groups in total. The first-order valence-electron chi connectivity index (χ1n) is 6.91. The molecule has 0 aliphatic carbocycles. The lowest BCUT2D eigenvalue weighted by Gasteiger charge is -2.12. The second-order valence-electron chi connectivity index (χ2n) is 4.85. The molecule has 0 saturated carbocycles. The van der Waals surface area contributed by atoms with Crippen LogP contribution in [0, 0.1) is 5.82 Å². The van der Waals surface area contributed by atoms with Gasteiger partial charge in [-0.15, -0.1) is 0 Å². The number of hydrogen-bond acceptors (Lipinski definition) is 4. The molecule has 0 spiro atoms. The van der Waals surface area contributed by atoms with Crippen molar-refractivity contribution in [1.82, 2.24) is 5.32 Å². The van der Waals surface area contributed by atoms with Crippen LogP contribution in [-0.2, 0) is 4.74 Å². The van der Waals surface area contributed by atoms with E-state index < -0.39 is 23.8 Å². The number of aliphatic hydroxyl groups excluding tert-OH is 1. The van der Waals surface area contributed by atoms with E-state index in [2.05, 4.69) is 10.1 Å². The minimum absolute atomic E-state index is 0.0348. The Morgan fingerprint density at radius 2 is 1.83 bits per heavy atom. The quantitative estimate of drug-likeness (QED) is 0.828. The van der Waals surface area contributed by atoms with Crippen LogP contribution in [0.3, 0.4) is 0 Å². The van der Waals surface area contributed by atoms with Gasteiger partial charge in [-0.2, -0.15) is 0 Å². The van der Waals surface area contributed by atoms with Crippen molar-refractivity contribution in [3.63, 3.8) is 0 Å². The number of aliphatic hydroxyl groups is 1. The van der Waals surface area contributed by atoms with E-state index >= 15 is 0 Å². The van der Waals surface area contributed by atoms with Crippen LogP contribution in [0.2, 0.25) is 0 Å². The summed E-state index contributed by atoms with van der Waals surface area (Å²) in [5.74, 6) is -1.37. The number of rotatable bonds is 5. The fraction of sp³-hybridized carbons (Fsp3) is 0.176. The second kappa shape index (κ2) is 7.51. The van der Waals surface area contributed by atoms with Crippen LogP contribution in [0.5, 0.6) is 0 Å². The molecular formula is C17H16FNO4. The van der Waals surface area contributed by atoms with Gasteiger partial charge in [-0.25, -0.2) is 9.18 Å². The van der Waals surface area contributed by atoms with Gasteiger partial charge in [-0.1, -0.05) is 18.2 Å². The molecule has 0 aliphatic heterocycles. The van der Waals surface area contributed by atoms with E-state index in [9.17, 15) is 19.1 Å². The zero-order valence-corrected chi connectivity index (χ0v) is 12.5. The summed E-state index contributed by atoms with van der Waals surface area (Å²) in [5, 5.41) is 12.5. The van der Waals surface area contributed by atoms with Gasteiger partial charge < -0.3 is 15.2 Å². The van der Waals surface area contributed by atoms with E-state index in [1.54, 1.807) is 12.1 Å². The lowest BCUT2D eigenvalue weighted by molar-refractivity contribution is 0.0600. The van der Waals surface area contributed by atoms with Crippen LogP contribution in [0.25, 0.3) is 0 Å². The average Bonchev–Trinajstić information content (AvgIpc) is 2.59. The molecule has 23 heavy (non-hydrogen) atoms. The van der Waals surface area contributed by atoms with Gasteiger partial charge in [0, 0.05) is 12.1 Å². The Morgan fingerprint density at radius 1 is 1.17 bits per heavy atom. The average molecular weight is 317 g/mol. The molecule has 0 aromatic heterocycles. The van der Waals surface area contributed by atoms with Gasteiger partial charge in [0.2, 0.25) is 0 Å². The number of hydrogen-bond donors (Lipinski definition) is 2. The molecule has 1 amide bonds. The third-order valence-electron chi connectivity index (χ3n) is 3.26. The smallest absolute Gasteiger partial charge is 0.337 e. The summed E-state index contributed by atoms with van der Waals surface area (Å²) in [6.07, 6.45) is -0.955. The lowest BCUT2D eigenvalue weighted by Crippen LogP contribution is -2.28. The van der Waals surface area contributed by atoms with Gasteiger partial charge >= 0.3 is 5.97 Å². The number of halogens is 1. The Labute approximate surface area is 132 Å². The van der Waals surface area contributed by atoms with Gasteiger partial charge in [-0.05, 0) is 35.9 Å². The zero-order chi connectivity index (χ0) is 16.8. The molecule has 0 heterocycles. The van der Waals surface area contributed by atoms with Crippen LogP contribution in [0.1, 0.15) is 32.4 Å². The normalized spacial score (nSPS) is 11.6.